The van der Waals surface area contributed by atoms with Gasteiger partial charge in [-0.1, -0.05) is 11.6 Å². The van der Waals surface area contributed by atoms with Crippen LogP contribution in [0.25, 0.3) is 0 Å². The van der Waals surface area contributed by atoms with Crippen LogP contribution in [0.2, 0.25) is 5.15 Å². The summed E-state index contributed by atoms with van der Waals surface area (Å²) >= 11 is 6.27. The summed E-state index contributed by atoms with van der Waals surface area (Å²) in [7, 11) is 1.81. The predicted octanol–water partition coefficient (Wildman–Crippen LogP) is 2.63. The van der Waals surface area contributed by atoms with E-state index < -0.39 is 11.2 Å². The molecule has 0 radical (unpaired) electrons. The van der Waals surface area contributed by atoms with E-state index in [-0.39, 0.29) is 5.60 Å². The highest BCUT2D eigenvalue weighted by Crippen LogP contribution is 2.47. The summed E-state index contributed by atoms with van der Waals surface area (Å²) in [6, 6.07) is 0. The fourth-order valence-electron chi connectivity index (χ4n) is 3.18. The fourth-order valence-corrected chi connectivity index (χ4v) is 3.42. The number of halogens is 1. The van der Waals surface area contributed by atoms with E-state index in [1.54, 1.807) is 4.68 Å². The molecule has 1 N–H and O–H groups in total. The van der Waals surface area contributed by atoms with Gasteiger partial charge in [-0.15, -0.1) is 0 Å². The SMILES string of the molecule is Cc1nn(C)c(Cl)c1CC1(O)CC(C)(C)OC1(C)C. The minimum Gasteiger partial charge on any atom is -0.386 e. The van der Waals surface area contributed by atoms with Crippen LogP contribution in [0.1, 0.15) is 45.4 Å². The molecule has 2 rings (SSSR count). The summed E-state index contributed by atoms with van der Waals surface area (Å²) < 4.78 is 7.63. The Kier molecular flexibility index (Phi) is 3.28. The molecular weight excluding hydrogens is 264 g/mol. The van der Waals surface area contributed by atoms with Gasteiger partial charge in [0.1, 0.15) is 5.15 Å². The first-order valence-corrected chi connectivity index (χ1v) is 6.96. The van der Waals surface area contributed by atoms with Crippen LogP contribution in [-0.2, 0) is 18.2 Å². The Morgan fingerprint density at radius 3 is 2.32 bits per heavy atom. The highest BCUT2D eigenvalue weighted by molar-refractivity contribution is 6.30. The Morgan fingerprint density at radius 2 is 1.95 bits per heavy atom. The van der Waals surface area contributed by atoms with Gasteiger partial charge >= 0.3 is 0 Å². The van der Waals surface area contributed by atoms with Gasteiger partial charge in [0.05, 0.1) is 22.5 Å². The molecule has 1 saturated heterocycles. The van der Waals surface area contributed by atoms with E-state index in [0.29, 0.717) is 18.0 Å². The van der Waals surface area contributed by atoms with Gasteiger partial charge in [0.15, 0.2) is 0 Å². The van der Waals surface area contributed by atoms with E-state index in [1.807, 2.05) is 41.7 Å². The van der Waals surface area contributed by atoms with Gasteiger partial charge in [0.25, 0.3) is 0 Å². The molecule has 2 heterocycles. The second-order valence-corrected chi connectivity index (χ2v) is 7.09. The highest BCUT2D eigenvalue weighted by atomic mass is 35.5. The summed E-state index contributed by atoms with van der Waals surface area (Å²) in [6.07, 6.45) is 1.04. The lowest BCUT2D eigenvalue weighted by atomic mass is 9.78. The molecule has 1 aliphatic rings. The molecule has 0 amide bonds. The van der Waals surface area contributed by atoms with Crippen molar-refractivity contribution in [3.8, 4) is 0 Å². The molecule has 4 nitrogen and oxygen atoms in total. The average molecular weight is 287 g/mol. The summed E-state index contributed by atoms with van der Waals surface area (Å²) in [5.74, 6) is 0. The Hall–Kier alpha value is -0.580. The largest absolute Gasteiger partial charge is 0.386 e. The summed E-state index contributed by atoms with van der Waals surface area (Å²) in [6.45, 7) is 9.79. The van der Waals surface area contributed by atoms with E-state index in [4.69, 9.17) is 16.3 Å². The number of ether oxygens (including phenoxy) is 1. The van der Waals surface area contributed by atoms with Crippen LogP contribution in [0.4, 0.5) is 0 Å². The summed E-state index contributed by atoms with van der Waals surface area (Å²) in [4.78, 5) is 0. The third-order valence-electron chi connectivity index (χ3n) is 4.11. The highest BCUT2D eigenvalue weighted by Gasteiger charge is 2.56. The maximum atomic E-state index is 11.0. The zero-order chi connectivity index (χ0) is 14.6. The van der Waals surface area contributed by atoms with E-state index in [1.165, 1.54) is 0 Å². The zero-order valence-electron chi connectivity index (χ0n) is 12.5. The van der Waals surface area contributed by atoms with Crippen molar-refractivity contribution in [1.82, 2.24) is 9.78 Å². The Bertz CT molecular complexity index is 508. The molecule has 0 spiro atoms. The lowest BCUT2D eigenvalue weighted by Gasteiger charge is -2.35. The number of nitrogens with zero attached hydrogens (tertiary/aromatic N) is 2. The number of aromatic nitrogens is 2. The molecule has 1 aromatic rings. The quantitative estimate of drug-likeness (QED) is 0.909. The fraction of sp³-hybridized carbons (Fsp3) is 0.786. The number of aryl methyl sites for hydroxylation is 2. The van der Waals surface area contributed by atoms with E-state index in [2.05, 4.69) is 5.10 Å². The van der Waals surface area contributed by atoms with Crippen LogP contribution < -0.4 is 0 Å². The van der Waals surface area contributed by atoms with Crippen LogP contribution in [0.3, 0.4) is 0 Å². The van der Waals surface area contributed by atoms with Gasteiger partial charge in [0.2, 0.25) is 0 Å². The Balaban J connectivity index is 2.37. The first kappa shape index (κ1) is 14.8. The smallest absolute Gasteiger partial charge is 0.130 e. The van der Waals surface area contributed by atoms with E-state index in [9.17, 15) is 5.11 Å². The number of rotatable bonds is 2. The number of hydrogen-bond donors (Lipinski definition) is 1. The van der Waals surface area contributed by atoms with Gasteiger partial charge in [-0.25, -0.2) is 0 Å². The van der Waals surface area contributed by atoms with E-state index >= 15 is 0 Å². The third-order valence-corrected chi connectivity index (χ3v) is 4.58. The molecule has 0 saturated carbocycles. The van der Waals surface area contributed by atoms with Crippen molar-refractivity contribution in [3.63, 3.8) is 0 Å². The molecule has 108 valence electrons. The zero-order valence-corrected chi connectivity index (χ0v) is 13.3. The number of aliphatic hydroxyl groups is 1. The minimum atomic E-state index is -0.937. The first-order chi connectivity index (χ1) is 8.47. The van der Waals surface area contributed by atoms with Gasteiger partial charge in [-0.3, -0.25) is 4.68 Å². The van der Waals surface area contributed by atoms with Crippen molar-refractivity contribution < 1.29 is 9.84 Å². The Labute approximate surface area is 119 Å². The average Bonchev–Trinajstić information content (AvgIpc) is 2.51. The molecule has 0 bridgehead atoms. The molecule has 19 heavy (non-hydrogen) atoms. The minimum absolute atomic E-state index is 0.333. The van der Waals surface area contributed by atoms with Crippen molar-refractivity contribution in [2.24, 2.45) is 7.05 Å². The van der Waals surface area contributed by atoms with Crippen molar-refractivity contribution in [2.75, 3.05) is 0 Å². The molecule has 1 aromatic heterocycles. The lowest BCUT2D eigenvalue weighted by molar-refractivity contribution is -0.125. The van der Waals surface area contributed by atoms with Crippen LogP contribution in [0.15, 0.2) is 0 Å². The van der Waals surface area contributed by atoms with Crippen molar-refractivity contribution in [3.05, 3.63) is 16.4 Å². The second kappa shape index (κ2) is 4.21. The third kappa shape index (κ3) is 2.41. The molecular formula is C14H23ClN2O2. The van der Waals surface area contributed by atoms with Crippen molar-refractivity contribution >= 4 is 11.6 Å². The van der Waals surface area contributed by atoms with Crippen LogP contribution in [-0.4, -0.2) is 31.7 Å². The Morgan fingerprint density at radius 1 is 1.37 bits per heavy atom. The van der Waals surface area contributed by atoms with Crippen LogP contribution in [0.5, 0.6) is 0 Å². The van der Waals surface area contributed by atoms with E-state index in [0.717, 1.165) is 11.3 Å². The second-order valence-electron chi connectivity index (χ2n) is 6.74. The molecule has 1 fully saturated rings. The molecule has 0 aliphatic carbocycles. The summed E-state index contributed by atoms with van der Waals surface area (Å²) in [5.41, 5.74) is -0.112. The maximum Gasteiger partial charge on any atom is 0.130 e. The topological polar surface area (TPSA) is 47.3 Å². The lowest BCUT2D eigenvalue weighted by Crippen LogP contribution is -2.48. The van der Waals surface area contributed by atoms with Crippen molar-refractivity contribution in [2.45, 2.75) is 64.3 Å². The van der Waals surface area contributed by atoms with Crippen molar-refractivity contribution in [1.29, 1.82) is 0 Å². The van der Waals surface area contributed by atoms with Crippen LogP contribution in [0, 0.1) is 6.92 Å². The maximum absolute atomic E-state index is 11.0. The molecule has 0 aromatic carbocycles. The molecule has 1 atom stereocenters. The normalized spacial score (nSPS) is 28.8. The molecule has 1 unspecified atom stereocenters. The van der Waals surface area contributed by atoms with Gasteiger partial charge in [-0.05, 0) is 34.6 Å². The first-order valence-electron chi connectivity index (χ1n) is 6.58. The van der Waals surface area contributed by atoms with Crippen LogP contribution >= 0.6 is 11.6 Å². The van der Waals surface area contributed by atoms with Gasteiger partial charge in [-0.2, -0.15) is 5.10 Å². The van der Waals surface area contributed by atoms with Gasteiger partial charge in [0, 0.05) is 25.5 Å². The number of hydrogen-bond acceptors (Lipinski definition) is 3. The molecule has 1 aliphatic heterocycles. The predicted molar refractivity (Wildman–Crippen MR) is 75.5 cm³/mol. The van der Waals surface area contributed by atoms with Gasteiger partial charge < -0.3 is 9.84 Å². The molecule has 5 heteroatoms. The standard InChI is InChI=1S/C14H23ClN2O2/c1-9-10(11(15)17(6)16-9)7-14(18)8-12(2,3)19-13(14,4)5/h18H,7-8H2,1-6H3. The summed E-state index contributed by atoms with van der Waals surface area (Å²) in [5, 5.41) is 15.9. The monoisotopic (exact) mass is 286 g/mol.